The van der Waals surface area contributed by atoms with Crippen molar-refractivity contribution in [1.29, 1.82) is 0 Å². The quantitative estimate of drug-likeness (QED) is 0.123. The molecule has 0 saturated carbocycles. The molecule has 244 valence electrons. The first-order valence-electron chi connectivity index (χ1n) is 14.6. The van der Waals surface area contributed by atoms with Crippen LogP contribution in [-0.4, -0.2) is 9.97 Å². The van der Waals surface area contributed by atoms with Crippen LogP contribution >= 0.6 is 0 Å². The van der Waals surface area contributed by atoms with E-state index >= 15 is 0 Å². The first kappa shape index (κ1) is 34.8. The SMILES string of the molecule is CC(C)(c1ccc(-c2ccccc2)c(-c2[c-]ccc(C(F)(F)F)c2)n1)c1ccc(-c2ccccc2)c(-c2[c-]ccc(C(F)(F)F)c2)n1.[Pt+2]. The number of alkyl halides is 6. The topological polar surface area (TPSA) is 25.8 Å². The Bertz CT molecular complexity index is 1890. The number of rotatable bonds is 6. The number of hydrogen-bond donors (Lipinski definition) is 0. The molecule has 9 heteroatoms. The van der Waals surface area contributed by atoms with Crippen LogP contribution in [0.1, 0.15) is 36.4 Å². The number of aromatic nitrogens is 2. The predicted octanol–water partition coefficient (Wildman–Crippen LogP) is 11.1. The zero-order valence-corrected chi connectivity index (χ0v) is 27.8. The van der Waals surface area contributed by atoms with Gasteiger partial charge < -0.3 is 0 Å². The summed E-state index contributed by atoms with van der Waals surface area (Å²) in [7, 11) is 0. The van der Waals surface area contributed by atoms with Crippen molar-refractivity contribution < 1.29 is 47.4 Å². The molecule has 0 bridgehead atoms. The maximum absolute atomic E-state index is 13.7. The molecule has 2 aromatic heterocycles. The standard InChI is InChI=1S/C39H26F6N2.Pt/c1-37(2,33-21-19-31(25-11-5-3-6-12-25)35(46-33)27-15-9-17-29(23-27)38(40,41)42)34-22-20-32(26-13-7-4-8-14-26)36(47-34)28-16-10-18-30(24-28)39(43,44)45;/h3-14,17-24H,1-2H3;/q-2;+2. The number of halogens is 6. The second-order valence-electron chi connectivity index (χ2n) is 11.5. The van der Waals surface area contributed by atoms with Gasteiger partial charge in [0, 0.05) is 16.8 Å². The molecule has 0 N–H and O–H groups in total. The van der Waals surface area contributed by atoms with Gasteiger partial charge in [0.15, 0.2) is 0 Å². The number of benzene rings is 4. The minimum atomic E-state index is -4.56. The Hall–Kier alpha value is -4.55. The van der Waals surface area contributed by atoms with E-state index in [-0.39, 0.29) is 32.2 Å². The van der Waals surface area contributed by atoms with Crippen LogP contribution in [0, 0.1) is 12.1 Å². The summed E-state index contributed by atoms with van der Waals surface area (Å²) >= 11 is 0. The second kappa shape index (κ2) is 13.5. The monoisotopic (exact) mass is 831 g/mol. The van der Waals surface area contributed by atoms with Crippen LogP contribution in [0.4, 0.5) is 26.3 Å². The molecule has 0 amide bonds. The van der Waals surface area contributed by atoms with Crippen LogP contribution in [0.5, 0.6) is 0 Å². The first-order chi connectivity index (χ1) is 22.3. The fraction of sp³-hybridized carbons (Fsp3) is 0.128. The average Bonchev–Trinajstić information content (AvgIpc) is 3.08. The Morgan fingerprint density at radius 1 is 0.500 bits per heavy atom. The van der Waals surface area contributed by atoms with E-state index in [9.17, 15) is 26.3 Å². The van der Waals surface area contributed by atoms with Gasteiger partial charge in [-0.05, 0) is 70.7 Å². The summed E-state index contributed by atoms with van der Waals surface area (Å²) in [6.45, 7) is 3.72. The number of hydrogen-bond acceptors (Lipinski definition) is 2. The van der Waals surface area contributed by atoms with Crippen LogP contribution in [0.3, 0.4) is 0 Å². The van der Waals surface area contributed by atoms with E-state index in [4.69, 9.17) is 9.97 Å². The third kappa shape index (κ3) is 7.14. The molecule has 0 aliphatic rings. The largest absolute Gasteiger partial charge is 2.00 e. The fourth-order valence-electron chi connectivity index (χ4n) is 5.42. The predicted molar refractivity (Wildman–Crippen MR) is 170 cm³/mol. The first-order valence-corrected chi connectivity index (χ1v) is 14.6. The summed E-state index contributed by atoms with van der Waals surface area (Å²) in [6, 6.07) is 37.9. The molecule has 0 spiro atoms. The van der Waals surface area contributed by atoms with E-state index in [0.29, 0.717) is 33.9 Å². The molecule has 0 radical (unpaired) electrons. The Morgan fingerprint density at radius 2 is 0.875 bits per heavy atom. The van der Waals surface area contributed by atoms with Crippen molar-refractivity contribution in [3.05, 3.63) is 156 Å². The maximum Gasteiger partial charge on any atom is 2.00 e. The van der Waals surface area contributed by atoms with Crippen molar-refractivity contribution in [3.63, 3.8) is 0 Å². The summed E-state index contributed by atoms with van der Waals surface area (Å²) in [4.78, 5) is 9.85. The zero-order chi connectivity index (χ0) is 33.4. The second-order valence-corrected chi connectivity index (χ2v) is 11.5. The molecule has 2 heterocycles. The Balaban J connectivity index is 0.00000451. The summed E-state index contributed by atoms with van der Waals surface area (Å²) in [5, 5.41) is 0. The van der Waals surface area contributed by atoms with E-state index in [2.05, 4.69) is 12.1 Å². The van der Waals surface area contributed by atoms with Gasteiger partial charge in [-0.25, -0.2) is 0 Å². The summed E-state index contributed by atoms with van der Waals surface area (Å²) in [5.74, 6) is 0. The average molecular weight is 832 g/mol. The minimum Gasteiger partial charge on any atom is -0.300 e. The van der Waals surface area contributed by atoms with Crippen molar-refractivity contribution in [2.45, 2.75) is 31.6 Å². The Labute approximate surface area is 288 Å². The van der Waals surface area contributed by atoms with Gasteiger partial charge >= 0.3 is 33.4 Å². The van der Waals surface area contributed by atoms with Gasteiger partial charge in [0.2, 0.25) is 0 Å². The molecular weight excluding hydrogens is 806 g/mol. The molecule has 0 aliphatic carbocycles. The molecule has 6 aromatic rings. The van der Waals surface area contributed by atoms with Gasteiger partial charge in [-0.15, -0.1) is 59.7 Å². The molecule has 0 saturated heterocycles. The summed E-state index contributed by atoms with van der Waals surface area (Å²) < 4.78 is 82.3. The summed E-state index contributed by atoms with van der Waals surface area (Å²) in [5.41, 5.74) is 2.13. The smallest absolute Gasteiger partial charge is 0.300 e. The molecule has 2 nitrogen and oxygen atoms in total. The number of nitrogens with zero attached hydrogens (tertiary/aromatic N) is 2. The van der Waals surface area contributed by atoms with Crippen LogP contribution in [0.25, 0.3) is 44.8 Å². The van der Waals surface area contributed by atoms with Gasteiger partial charge in [0.1, 0.15) is 0 Å². The normalized spacial score (nSPS) is 12.0. The van der Waals surface area contributed by atoms with E-state index < -0.39 is 28.9 Å². The van der Waals surface area contributed by atoms with Crippen molar-refractivity contribution in [2.24, 2.45) is 0 Å². The van der Waals surface area contributed by atoms with Gasteiger partial charge in [-0.2, -0.15) is 26.3 Å². The van der Waals surface area contributed by atoms with Crippen LogP contribution in [-0.2, 0) is 38.8 Å². The van der Waals surface area contributed by atoms with Crippen LogP contribution in [0.2, 0.25) is 0 Å². The van der Waals surface area contributed by atoms with Gasteiger partial charge in [-0.3, -0.25) is 9.97 Å². The van der Waals surface area contributed by atoms with Gasteiger partial charge in [-0.1, -0.05) is 72.8 Å². The van der Waals surface area contributed by atoms with E-state index in [1.807, 2.05) is 86.6 Å². The third-order valence-corrected chi connectivity index (χ3v) is 8.01. The molecule has 6 rings (SSSR count). The van der Waals surface area contributed by atoms with Crippen LogP contribution < -0.4 is 0 Å². The maximum atomic E-state index is 13.7. The molecule has 0 aliphatic heterocycles. The molecule has 0 unspecified atom stereocenters. The fourth-order valence-corrected chi connectivity index (χ4v) is 5.42. The molecular formula is C39H26F6N2Pt. The third-order valence-electron chi connectivity index (χ3n) is 8.01. The zero-order valence-electron chi connectivity index (χ0n) is 25.5. The molecule has 0 fully saturated rings. The van der Waals surface area contributed by atoms with Crippen molar-refractivity contribution in [2.75, 3.05) is 0 Å². The molecule has 48 heavy (non-hydrogen) atoms. The molecule has 4 aromatic carbocycles. The summed E-state index contributed by atoms with van der Waals surface area (Å²) in [6.07, 6.45) is -9.12. The van der Waals surface area contributed by atoms with E-state index in [1.165, 1.54) is 12.1 Å². The van der Waals surface area contributed by atoms with Crippen LogP contribution in [0.15, 0.2) is 121 Å². The van der Waals surface area contributed by atoms with E-state index in [0.717, 1.165) is 35.4 Å². The van der Waals surface area contributed by atoms with Gasteiger partial charge in [0.05, 0.1) is 0 Å². The van der Waals surface area contributed by atoms with E-state index in [1.54, 1.807) is 12.1 Å². The molecule has 0 atom stereocenters. The van der Waals surface area contributed by atoms with Gasteiger partial charge in [0.25, 0.3) is 0 Å². The van der Waals surface area contributed by atoms with Crippen molar-refractivity contribution in [3.8, 4) is 44.8 Å². The van der Waals surface area contributed by atoms with Crippen molar-refractivity contribution >= 4 is 0 Å². The number of pyridine rings is 2. The Morgan fingerprint density at radius 3 is 1.23 bits per heavy atom. The minimum absolute atomic E-state index is 0. The Kier molecular flexibility index (Phi) is 9.79. The van der Waals surface area contributed by atoms with Crippen molar-refractivity contribution in [1.82, 2.24) is 9.97 Å².